The summed E-state index contributed by atoms with van der Waals surface area (Å²) in [4.78, 5) is 14.2. The summed E-state index contributed by atoms with van der Waals surface area (Å²) in [7, 11) is 0. The van der Waals surface area contributed by atoms with Crippen LogP contribution in [0.15, 0.2) is 0 Å². The highest BCUT2D eigenvalue weighted by Gasteiger charge is 2.29. The Morgan fingerprint density at radius 1 is 1.31 bits per heavy atom. The number of nitrogens with one attached hydrogen (secondary N) is 1. The fraction of sp³-hybridized carbons (Fsp3) is 0.917. The molecule has 0 spiro atoms. The Labute approximate surface area is 104 Å². The number of hydrogen-bond donors (Lipinski definition) is 1. The van der Waals surface area contributed by atoms with Crippen molar-refractivity contribution in [1.29, 1.82) is 0 Å². The second-order valence-corrected chi connectivity index (χ2v) is 4.82. The summed E-state index contributed by atoms with van der Waals surface area (Å²) in [6.07, 6.45) is 6.09. The lowest BCUT2D eigenvalue weighted by Gasteiger charge is -2.29. The molecule has 16 heavy (non-hydrogen) atoms. The van der Waals surface area contributed by atoms with E-state index in [4.69, 9.17) is 0 Å². The first-order chi connectivity index (χ1) is 7.31. The lowest BCUT2D eigenvalue weighted by molar-refractivity contribution is -0.134. The van der Waals surface area contributed by atoms with Crippen LogP contribution < -0.4 is 5.32 Å². The minimum atomic E-state index is 0. The number of nitrogens with zero attached hydrogens (tertiary/aromatic N) is 1. The predicted molar refractivity (Wildman–Crippen MR) is 67.9 cm³/mol. The van der Waals surface area contributed by atoms with Crippen LogP contribution in [0.5, 0.6) is 0 Å². The van der Waals surface area contributed by atoms with Crippen molar-refractivity contribution >= 4 is 18.3 Å². The molecule has 1 saturated heterocycles. The van der Waals surface area contributed by atoms with E-state index in [1.54, 1.807) is 0 Å². The van der Waals surface area contributed by atoms with E-state index < -0.39 is 0 Å². The summed E-state index contributed by atoms with van der Waals surface area (Å²) in [6.45, 7) is 4.96. The maximum absolute atomic E-state index is 12.2. The van der Waals surface area contributed by atoms with Gasteiger partial charge in [-0.1, -0.05) is 6.42 Å². The number of carbonyl (C=O) groups excluding carboxylic acids is 1. The third-order valence-corrected chi connectivity index (χ3v) is 3.48. The molecule has 1 aliphatic heterocycles. The average Bonchev–Trinajstić information content (AvgIpc) is 3.10. The highest BCUT2D eigenvalue weighted by Crippen LogP contribution is 2.30. The molecule has 1 N–H and O–H groups in total. The zero-order valence-corrected chi connectivity index (χ0v) is 10.9. The highest BCUT2D eigenvalue weighted by molar-refractivity contribution is 5.85. The van der Waals surface area contributed by atoms with Crippen molar-refractivity contribution in [3.05, 3.63) is 0 Å². The lowest BCUT2D eigenvalue weighted by atomic mass is 10.0. The third kappa shape index (κ3) is 3.63. The van der Waals surface area contributed by atoms with Crippen LogP contribution in [0.2, 0.25) is 0 Å². The second kappa shape index (κ2) is 6.45. The molecule has 0 aromatic rings. The van der Waals surface area contributed by atoms with Crippen molar-refractivity contribution in [3.8, 4) is 0 Å². The predicted octanol–water partition coefficient (Wildman–Crippen LogP) is 1.81. The SMILES string of the molecule is CCN(CC1CC1)C(=O)[C@H]1CCCCN1.Cl. The van der Waals surface area contributed by atoms with Crippen molar-refractivity contribution in [2.75, 3.05) is 19.6 Å². The number of likely N-dealkylation sites (N-methyl/N-ethyl adjacent to an activating group) is 1. The van der Waals surface area contributed by atoms with Crippen molar-refractivity contribution < 1.29 is 4.79 Å². The van der Waals surface area contributed by atoms with Crippen LogP contribution in [0.25, 0.3) is 0 Å². The largest absolute Gasteiger partial charge is 0.341 e. The van der Waals surface area contributed by atoms with Gasteiger partial charge in [-0.15, -0.1) is 12.4 Å². The van der Waals surface area contributed by atoms with Crippen molar-refractivity contribution in [2.24, 2.45) is 5.92 Å². The maximum atomic E-state index is 12.2. The molecule has 1 amide bonds. The van der Waals surface area contributed by atoms with Gasteiger partial charge in [0, 0.05) is 13.1 Å². The molecular formula is C12H23ClN2O. The van der Waals surface area contributed by atoms with Crippen LogP contribution >= 0.6 is 12.4 Å². The zero-order valence-electron chi connectivity index (χ0n) is 10.1. The Bertz CT molecular complexity index is 225. The summed E-state index contributed by atoms with van der Waals surface area (Å²) in [5.74, 6) is 1.14. The summed E-state index contributed by atoms with van der Waals surface area (Å²) >= 11 is 0. The van der Waals surface area contributed by atoms with Crippen LogP contribution in [-0.4, -0.2) is 36.5 Å². The van der Waals surface area contributed by atoms with Gasteiger partial charge in [-0.25, -0.2) is 0 Å². The number of halogens is 1. The van der Waals surface area contributed by atoms with Crippen LogP contribution in [0.4, 0.5) is 0 Å². The van der Waals surface area contributed by atoms with Gasteiger partial charge in [0.05, 0.1) is 6.04 Å². The van der Waals surface area contributed by atoms with E-state index in [1.165, 1.54) is 25.7 Å². The smallest absolute Gasteiger partial charge is 0.239 e. The van der Waals surface area contributed by atoms with Gasteiger partial charge in [-0.3, -0.25) is 4.79 Å². The normalized spacial score (nSPS) is 24.7. The Kier molecular flexibility index (Phi) is 5.56. The number of hydrogen-bond acceptors (Lipinski definition) is 2. The first-order valence-electron chi connectivity index (χ1n) is 6.33. The summed E-state index contributed by atoms with van der Waals surface area (Å²) in [5, 5.41) is 3.34. The van der Waals surface area contributed by atoms with Crippen LogP contribution in [0.1, 0.15) is 39.0 Å². The molecule has 2 aliphatic rings. The van der Waals surface area contributed by atoms with Gasteiger partial charge in [0.25, 0.3) is 0 Å². The Morgan fingerprint density at radius 2 is 2.06 bits per heavy atom. The van der Waals surface area contributed by atoms with Gasteiger partial charge in [0.2, 0.25) is 5.91 Å². The van der Waals surface area contributed by atoms with Gasteiger partial charge in [0.1, 0.15) is 0 Å². The van der Waals surface area contributed by atoms with Crippen LogP contribution in [0, 0.1) is 5.92 Å². The standard InChI is InChI=1S/C12H22N2O.ClH/c1-2-14(9-10-6-7-10)12(15)11-5-3-4-8-13-11;/h10-11,13H,2-9H2,1H3;1H/t11-;/m1./s1. The van der Waals surface area contributed by atoms with Gasteiger partial charge >= 0.3 is 0 Å². The van der Waals surface area contributed by atoms with Gasteiger partial charge in [-0.05, 0) is 45.1 Å². The van der Waals surface area contributed by atoms with E-state index in [0.29, 0.717) is 5.91 Å². The molecule has 1 saturated carbocycles. The molecular weight excluding hydrogens is 224 g/mol. The van der Waals surface area contributed by atoms with E-state index in [1.807, 2.05) is 4.90 Å². The molecule has 0 radical (unpaired) electrons. The van der Waals surface area contributed by atoms with Crippen molar-refractivity contribution in [1.82, 2.24) is 10.2 Å². The quantitative estimate of drug-likeness (QED) is 0.821. The molecule has 4 heteroatoms. The minimum absolute atomic E-state index is 0. The molecule has 1 aliphatic carbocycles. The Morgan fingerprint density at radius 3 is 2.56 bits per heavy atom. The second-order valence-electron chi connectivity index (χ2n) is 4.82. The Balaban J connectivity index is 0.00000128. The molecule has 0 aromatic heterocycles. The van der Waals surface area contributed by atoms with E-state index in [2.05, 4.69) is 12.2 Å². The molecule has 1 atom stereocenters. The summed E-state index contributed by atoms with van der Waals surface area (Å²) in [6, 6.07) is 0.109. The van der Waals surface area contributed by atoms with Crippen LogP contribution in [0.3, 0.4) is 0 Å². The fourth-order valence-electron chi connectivity index (χ4n) is 2.27. The highest BCUT2D eigenvalue weighted by atomic mass is 35.5. The first kappa shape index (κ1) is 13.8. The first-order valence-corrected chi connectivity index (χ1v) is 6.33. The van der Waals surface area contributed by atoms with E-state index >= 15 is 0 Å². The average molecular weight is 247 g/mol. The molecule has 2 fully saturated rings. The third-order valence-electron chi connectivity index (χ3n) is 3.48. The maximum Gasteiger partial charge on any atom is 0.239 e. The molecule has 3 nitrogen and oxygen atoms in total. The van der Waals surface area contributed by atoms with Crippen molar-refractivity contribution in [3.63, 3.8) is 0 Å². The summed E-state index contributed by atoms with van der Waals surface area (Å²) < 4.78 is 0. The van der Waals surface area contributed by atoms with Crippen LogP contribution in [-0.2, 0) is 4.79 Å². The Hall–Kier alpha value is -0.280. The van der Waals surface area contributed by atoms with E-state index in [0.717, 1.165) is 32.0 Å². The fourth-order valence-corrected chi connectivity index (χ4v) is 2.27. The number of rotatable bonds is 4. The zero-order chi connectivity index (χ0) is 10.7. The number of piperidine rings is 1. The molecule has 1 heterocycles. The molecule has 0 bridgehead atoms. The minimum Gasteiger partial charge on any atom is -0.341 e. The molecule has 0 unspecified atom stereocenters. The van der Waals surface area contributed by atoms with E-state index in [-0.39, 0.29) is 18.4 Å². The van der Waals surface area contributed by atoms with E-state index in [9.17, 15) is 4.79 Å². The van der Waals surface area contributed by atoms with Gasteiger partial charge < -0.3 is 10.2 Å². The molecule has 94 valence electrons. The topological polar surface area (TPSA) is 32.3 Å². The summed E-state index contributed by atoms with van der Waals surface area (Å²) in [5.41, 5.74) is 0. The van der Waals surface area contributed by atoms with Crippen molar-refractivity contribution in [2.45, 2.75) is 45.1 Å². The molecule has 0 aromatic carbocycles. The lowest BCUT2D eigenvalue weighted by Crippen LogP contribution is -2.49. The molecule has 2 rings (SSSR count). The van der Waals surface area contributed by atoms with Gasteiger partial charge in [-0.2, -0.15) is 0 Å². The number of carbonyl (C=O) groups is 1. The monoisotopic (exact) mass is 246 g/mol. The van der Waals surface area contributed by atoms with Gasteiger partial charge in [0.15, 0.2) is 0 Å². The number of amides is 1.